The van der Waals surface area contributed by atoms with Gasteiger partial charge in [0.05, 0.1) is 0 Å². The number of piperidine rings is 1. The van der Waals surface area contributed by atoms with Crippen molar-refractivity contribution >= 4 is 17.5 Å². The molecule has 4 rings (SSSR count). The smallest absolute Gasteiger partial charge is 0.251 e. The van der Waals surface area contributed by atoms with Gasteiger partial charge < -0.3 is 15.0 Å². The quantitative estimate of drug-likeness (QED) is 0.852. The van der Waals surface area contributed by atoms with Crippen LogP contribution in [0.25, 0.3) is 0 Å². The predicted octanol–water partition coefficient (Wildman–Crippen LogP) is 3.35. The van der Waals surface area contributed by atoms with Crippen molar-refractivity contribution in [1.29, 1.82) is 0 Å². The maximum atomic E-state index is 12.5. The second-order valence-electron chi connectivity index (χ2n) is 6.74. The maximum absolute atomic E-state index is 12.5. The van der Waals surface area contributed by atoms with Crippen LogP contribution in [-0.2, 0) is 0 Å². The highest BCUT2D eigenvalue weighted by Gasteiger charge is 2.32. The number of carbonyl (C=O) groups excluding carboxylic acids is 1. The molecule has 1 aromatic heterocycles. The van der Waals surface area contributed by atoms with Crippen LogP contribution < -0.4 is 10.1 Å². The van der Waals surface area contributed by atoms with E-state index in [-0.39, 0.29) is 11.9 Å². The average Bonchev–Trinajstić information content (AvgIpc) is 2.96. The molecule has 1 aromatic carbocycles. The Bertz CT molecular complexity index is 754. The SMILES string of the molecule is O=C(NC1CC2CCN(C2)C1)c1ccc(Oc2cccnc2Cl)cc1. The monoisotopic (exact) mass is 357 g/mol. The fourth-order valence-electron chi connectivity index (χ4n) is 3.68. The van der Waals surface area contributed by atoms with Crippen LogP contribution >= 0.6 is 11.6 Å². The van der Waals surface area contributed by atoms with Crippen molar-refractivity contribution in [3.05, 3.63) is 53.3 Å². The molecule has 1 amide bonds. The molecule has 0 aliphatic carbocycles. The van der Waals surface area contributed by atoms with Gasteiger partial charge in [-0.05, 0) is 61.7 Å². The van der Waals surface area contributed by atoms with E-state index in [2.05, 4.69) is 15.2 Å². The Balaban J connectivity index is 1.38. The molecule has 2 fully saturated rings. The summed E-state index contributed by atoms with van der Waals surface area (Å²) in [6.07, 6.45) is 3.95. The van der Waals surface area contributed by atoms with Gasteiger partial charge in [0.1, 0.15) is 5.75 Å². The number of carbonyl (C=O) groups is 1. The summed E-state index contributed by atoms with van der Waals surface area (Å²) in [5.74, 6) is 1.82. The van der Waals surface area contributed by atoms with E-state index >= 15 is 0 Å². The minimum absolute atomic E-state index is 0.0292. The normalized spacial score (nSPS) is 24.8. The molecule has 3 unspecified atom stereocenters. The molecular weight excluding hydrogens is 338 g/mol. The summed E-state index contributed by atoms with van der Waals surface area (Å²) in [5.41, 5.74) is 0.637. The van der Waals surface area contributed by atoms with Gasteiger partial charge in [0.25, 0.3) is 5.91 Å². The van der Waals surface area contributed by atoms with E-state index in [1.165, 1.54) is 19.5 Å². The van der Waals surface area contributed by atoms with Gasteiger partial charge in [-0.25, -0.2) is 4.98 Å². The summed E-state index contributed by atoms with van der Waals surface area (Å²) in [4.78, 5) is 18.9. The zero-order valence-electron chi connectivity index (χ0n) is 13.8. The van der Waals surface area contributed by atoms with Crippen LogP contribution in [-0.4, -0.2) is 41.5 Å². The van der Waals surface area contributed by atoms with Crippen molar-refractivity contribution in [2.45, 2.75) is 18.9 Å². The lowest BCUT2D eigenvalue weighted by Crippen LogP contribution is -2.46. The Hall–Kier alpha value is -2.11. The number of hydrogen-bond acceptors (Lipinski definition) is 4. The first kappa shape index (κ1) is 16.4. The van der Waals surface area contributed by atoms with Crippen molar-refractivity contribution in [1.82, 2.24) is 15.2 Å². The van der Waals surface area contributed by atoms with Gasteiger partial charge in [0, 0.05) is 30.9 Å². The fourth-order valence-corrected chi connectivity index (χ4v) is 3.84. The highest BCUT2D eigenvalue weighted by atomic mass is 35.5. The molecule has 2 aromatic rings. The lowest BCUT2D eigenvalue weighted by Gasteiger charge is -2.30. The first-order valence-corrected chi connectivity index (χ1v) is 8.97. The van der Waals surface area contributed by atoms with Crippen LogP contribution in [0.1, 0.15) is 23.2 Å². The molecule has 2 aliphatic heterocycles. The predicted molar refractivity (Wildman–Crippen MR) is 96.2 cm³/mol. The molecule has 6 heteroatoms. The van der Waals surface area contributed by atoms with Crippen LogP contribution in [0.4, 0.5) is 0 Å². The van der Waals surface area contributed by atoms with Crippen molar-refractivity contribution in [2.24, 2.45) is 5.92 Å². The zero-order valence-corrected chi connectivity index (χ0v) is 14.6. The number of nitrogens with one attached hydrogen (secondary N) is 1. The van der Waals surface area contributed by atoms with Gasteiger partial charge in [0.2, 0.25) is 0 Å². The molecule has 3 heterocycles. The molecule has 1 N–H and O–H groups in total. The van der Waals surface area contributed by atoms with Gasteiger partial charge in [0.15, 0.2) is 10.9 Å². The van der Waals surface area contributed by atoms with Crippen molar-refractivity contribution in [3.63, 3.8) is 0 Å². The molecule has 2 saturated heterocycles. The van der Waals surface area contributed by atoms with E-state index in [1.807, 2.05) is 0 Å². The Morgan fingerprint density at radius 3 is 2.84 bits per heavy atom. The van der Waals surface area contributed by atoms with Crippen LogP contribution in [0.2, 0.25) is 5.15 Å². The topological polar surface area (TPSA) is 54.5 Å². The molecule has 2 bridgehead atoms. The van der Waals surface area contributed by atoms with Crippen LogP contribution in [0.3, 0.4) is 0 Å². The van der Waals surface area contributed by atoms with Crippen molar-refractivity contribution in [3.8, 4) is 11.5 Å². The van der Waals surface area contributed by atoms with Gasteiger partial charge in [-0.3, -0.25) is 4.79 Å². The first-order valence-electron chi connectivity index (χ1n) is 8.59. The number of hydrogen-bond donors (Lipinski definition) is 1. The summed E-state index contributed by atoms with van der Waals surface area (Å²) in [7, 11) is 0. The molecule has 2 aliphatic rings. The van der Waals surface area contributed by atoms with Crippen molar-refractivity contribution in [2.75, 3.05) is 19.6 Å². The lowest BCUT2D eigenvalue weighted by atomic mass is 9.96. The minimum atomic E-state index is -0.0292. The number of amides is 1. The molecule has 0 spiro atoms. The standard InChI is InChI=1S/C19H20ClN3O2/c20-18-17(2-1-8-21-18)25-16-5-3-14(4-6-16)19(24)22-15-10-13-7-9-23(11-13)12-15/h1-6,8,13,15H,7,9-12H2,(H,22,24). The summed E-state index contributed by atoms with van der Waals surface area (Å²) in [6.45, 7) is 3.32. The molecule has 5 nitrogen and oxygen atoms in total. The Morgan fingerprint density at radius 1 is 1.24 bits per heavy atom. The molecule has 130 valence electrons. The Morgan fingerprint density at radius 2 is 2.08 bits per heavy atom. The number of benzene rings is 1. The number of halogens is 1. The van der Waals surface area contributed by atoms with Crippen LogP contribution in [0.15, 0.2) is 42.6 Å². The highest BCUT2D eigenvalue weighted by Crippen LogP contribution is 2.28. The highest BCUT2D eigenvalue weighted by molar-refractivity contribution is 6.30. The third-order valence-electron chi connectivity index (χ3n) is 4.87. The molecule has 0 saturated carbocycles. The fraction of sp³-hybridized carbons (Fsp3) is 0.368. The van der Waals surface area contributed by atoms with E-state index in [9.17, 15) is 4.79 Å². The minimum Gasteiger partial charge on any atom is -0.454 e. The third kappa shape index (κ3) is 3.78. The lowest BCUT2D eigenvalue weighted by molar-refractivity contribution is 0.0909. The molecule has 0 radical (unpaired) electrons. The van der Waals surface area contributed by atoms with Crippen LogP contribution in [0, 0.1) is 5.92 Å². The van der Waals surface area contributed by atoms with E-state index in [1.54, 1.807) is 42.6 Å². The number of nitrogens with zero attached hydrogens (tertiary/aromatic N) is 2. The summed E-state index contributed by atoms with van der Waals surface area (Å²) in [5, 5.41) is 3.47. The van der Waals surface area contributed by atoms with Gasteiger partial charge >= 0.3 is 0 Å². The van der Waals surface area contributed by atoms with E-state index in [4.69, 9.17) is 16.3 Å². The zero-order chi connectivity index (χ0) is 17.2. The van der Waals surface area contributed by atoms with Crippen LogP contribution in [0.5, 0.6) is 11.5 Å². The average molecular weight is 358 g/mol. The van der Waals surface area contributed by atoms with E-state index in [0.717, 1.165) is 18.9 Å². The summed E-state index contributed by atoms with van der Waals surface area (Å²) < 4.78 is 5.70. The second-order valence-corrected chi connectivity index (χ2v) is 7.10. The molecule has 25 heavy (non-hydrogen) atoms. The van der Waals surface area contributed by atoms with E-state index in [0.29, 0.717) is 22.2 Å². The Kier molecular flexibility index (Phi) is 4.59. The first-order chi connectivity index (χ1) is 12.2. The number of aromatic nitrogens is 1. The van der Waals surface area contributed by atoms with E-state index < -0.39 is 0 Å². The summed E-state index contributed by atoms with van der Waals surface area (Å²) >= 11 is 5.99. The van der Waals surface area contributed by atoms with Gasteiger partial charge in [-0.1, -0.05) is 11.6 Å². The summed E-state index contributed by atoms with van der Waals surface area (Å²) in [6, 6.07) is 10.8. The van der Waals surface area contributed by atoms with Gasteiger partial charge in [-0.15, -0.1) is 0 Å². The Labute approximate surface area is 152 Å². The second kappa shape index (κ2) is 7.02. The number of fused-ring (bicyclic) bond motifs is 2. The number of ether oxygens (including phenoxy) is 1. The maximum Gasteiger partial charge on any atom is 0.251 e. The molecule has 3 atom stereocenters. The molecular formula is C19H20ClN3O2. The third-order valence-corrected chi connectivity index (χ3v) is 5.15. The number of rotatable bonds is 4. The van der Waals surface area contributed by atoms with Crippen molar-refractivity contribution < 1.29 is 9.53 Å². The largest absolute Gasteiger partial charge is 0.454 e. The number of pyridine rings is 1. The van der Waals surface area contributed by atoms with Gasteiger partial charge in [-0.2, -0.15) is 0 Å².